The van der Waals surface area contributed by atoms with Crippen LogP contribution in [0.25, 0.3) is 22.3 Å². The molecular formula is C18H15F3N6O2. The van der Waals surface area contributed by atoms with Crippen molar-refractivity contribution in [2.75, 3.05) is 13.2 Å². The minimum atomic E-state index is -4.67. The van der Waals surface area contributed by atoms with Gasteiger partial charge in [0.05, 0.1) is 23.3 Å². The molecule has 2 heterocycles. The van der Waals surface area contributed by atoms with Crippen molar-refractivity contribution >= 4 is 16.9 Å². The van der Waals surface area contributed by atoms with E-state index < -0.39 is 11.7 Å². The third kappa shape index (κ3) is 4.26. The van der Waals surface area contributed by atoms with Crippen LogP contribution in [0, 0.1) is 11.3 Å². The number of hydrogen-bond donors (Lipinski definition) is 1. The van der Waals surface area contributed by atoms with Crippen LogP contribution in [0.3, 0.4) is 0 Å². The second-order valence-corrected chi connectivity index (χ2v) is 6.09. The highest BCUT2D eigenvalue weighted by Gasteiger charge is 2.35. The molecule has 29 heavy (non-hydrogen) atoms. The zero-order valence-electron chi connectivity index (χ0n) is 15.4. The molecule has 0 unspecified atom stereocenters. The number of alkyl halides is 3. The van der Waals surface area contributed by atoms with Crippen LogP contribution >= 0.6 is 0 Å². The van der Waals surface area contributed by atoms with E-state index in [0.717, 1.165) is 6.07 Å². The summed E-state index contributed by atoms with van der Waals surface area (Å²) in [6, 6.07) is 6.92. The molecule has 150 valence electrons. The van der Waals surface area contributed by atoms with Crippen LogP contribution in [0.1, 0.15) is 18.2 Å². The maximum atomic E-state index is 13.5. The van der Waals surface area contributed by atoms with Gasteiger partial charge < -0.3 is 10.1 Å². The van der Waals surface area contributed by atoms with E-state index in [-0.39, 0.29) is 47.3 Å². The number of fused-ring (bicyclic) bond motifs is 1. The number of nitrogens with one attached hydrogen (secondary N) is 1. The average molecular weight is 404 g/mol. The Bertz CT molecular complexity index is 1120. The number of benzene rings is 1. The van der Waals surface area contributed by atoms with Crippen molar-refractivity contribution in [3.05, 3.63) is 35.5 Å². The highest BCUT2D eigenvalue weighted by molar-refractivity contribution is 5.83. The first-order valence-corrected chi connectivity index (χ1v) is 8.40. The summed E-state index contributed by atoms with van der Waals surface area (Å²) in [6.07, 6.45) is -4.67. The van der Waals surface area contributed by atoms with E-state index in [0.29, 0.717) is 5.52 Å². The van der Waals surface area contributed by atoms with E-state index >= 15 is 0 Å². The summed E-state index contributed by atoms with van der Waals surface area (Å²) in [4.78, 5) is 15.0. The topological polar surface area (TPSA) is 106 Å². The average Bonchev–Trinajstić information content (AvgIpc) is 3.04. The number of nitrogens with zero attached hydrogens (tertiary/aromatic N) is 5. The highest BCUT2D eigenvalue weighted by atomic mass is 19.4. The summed E-state index contributed by atoms with van der Waals surface area (Å²) in [5, 5.41) is 19.4. The number of hydrogen-bond acceptors (Lipinski definition) is 6. The SMILES string of the molecule is CC(=O)NCCOc1ccc(-c2cc3c(nnn3C)c(C#N)n2)cc1C(F)(F)F. The van der Waals surface area contributed by atoms with Gasteiger partial charge in [-0.15, -0.1) is 5.10 Å². The van der Waals surface area contributed by atoms with Gasteiger partial charge in [-0.05, 0) is 24.3 Å². The summed E-state index contributed by atoms with van der Waals surface area (Å²) < 4.78 is 47.2. The molecule has 0 fully saturated rings. The lowest BCUT2D eigenvalue weighted by atomic mass is 10.1. The van der Waals surface area contributed by atoms with Crippen LogP contribution in [0.15, 0.2) is 24.3 Å². The fourth-order valence-electron chi connectivity index (χ4n) is 2.68. The van der Waals surface area contributed by atoms with Crippen molar-refractivity contribution in [3.8, 4) is 23.1 Å². The number of carbonyl (C=O) groups is 1. The number of halogens is 3. The summed E-state index contributed by atoms with van der Waals surface area (Å²) in [6.45, 7) is 1.25. The molecule has 8 nitrogen and oxygen atoms in total. The number of aryl methyl sites for hydroxylation is 1. The van der Waals surface area contributed by atoms with Gasteiger partial charge in [0.1, 0.15) is 23.9 Å². The predicted octanol–water partition coefficient (Wildman–Crippen LogP) is 2.44. The molecule has 0 saturated carbocycles. The van der Waals surface area contributed by atoms with Gasteiger partial charge in [-0.2, -0.15) is 18.4 Å². The fraction of sp³-hybridized carbons (Fsp3) is 0.278. The van der Waals surface area contributed by atoms with Gasteiger partial charge in [0.2, 0.25) is 5.91 Å². The molecule has 0 aliphatic heterocycles. The number of nitriles is 1. The van der Waals surface area contributed by atoms with Crippen LogP contribution in [0.5, 0.6) is 5.75 Å². The Morgan fingerprint density at radius 1 is 1.34 bits per heavy atom. The zero-order valence-corrected chi connectivity index (χ0v) is 15.4. The Morgan fingerprint density at radius 3 is 2.76 bits per heavy atom. The van der Waals surface area contributed by atoms with Gasteiger partial charge in [0.25, 0.3) is 0 Å². The molecule has 3 aromatic rings. The molecule has 1 aromatic carbocycles. The van der Waals surface area contributed by atoms with Crippen LogP contribution in [0.2, 0.25) is 0 Å². The van der Waals surface area contributed by atoms with Crippen molar-refractivity contribution in [2.24, 2.45) is 7.05 Å². The van der Waals surface area contributed by atoms with E-state index in [9.17, 15) is 23.2 Å². The lowest BCUT2D eigenvalue weighted by Crippen LogP contribution is -2.25. The fourth-order valence-corrected chi connectivity index (χ4v) is 2.68. The Hall–Kier alpha value is -3.68. The monoisotopic (exact) mass is 404 g/mol. The number of aromatic nitrogens is 4. The molecule has 0 radical (unpaired) electrons. The van der Waals surface area contributed by atoms with Crippen LogP contribution in [0.4, 0.5) is 13.2 Å². The molecule has 0 spiro atoms. The molecule has 0 saturated heterocycles. The molecule has 1 amide bonds. The van der Waals surface area contributed by atoms with Crippen LogP contribution < -0.4 is 10.1 Å². The molecule has 0 aliphatic carbocycles. The molecule has 0 aliphatic rings. The Morgan fingerprint density at radius 2 is 2.10 bits per heavy atom. The second-order valence-electron chi connectivity index (χ2n) is 6.09. The third-order valence-electron chi connectivity index (χ3n) is 4.02. The Balaban J connectivity index is 2.01. The van der Waals surface area contributed by atoms with Gasteiger partial charge >= 0.3 is 6.18 Å². The van der Waals surface area contributed by atoms with Gasteiger partial charge in [-0.25, -0.2) is 9.67 Å². The molecule has 11 heteroatoms. The predicted molar refractivity (Wildman–Crippen MR) is 95.6 cm³/mol. The number of pyridine rings is 1. The normalized spacial score (nSPS) is 11.3. The zero-order chi connectivity index (χ0) is 21.2. The second kappa shape index (κ2) is 7.75. The summed E-state index contributed by atoms with van der Waals surface area (Å²) in [5.41, 5.74) is 0.0560. The smallest absolute Gasteiger partial charge is 0.419 e. The number of ether oxygens (including phenoxy) is 1. The maximum Gasteiger partial charge on any atom is 0.419 e. The standard InChI is InChI=1S/C18H15F3N6O2/c1-10(28)23-5-6-29-16-4-3-11(7-12(16)18(19,20)21)13-8-15-17(14(9-22)24-13)25-26-27(15)2/h3-4,7-8H,5-6H2,1-2H3,(H,23,28). The van der Waals surface area contributed by atoms with Crippen molar-refractivity contribution in [3.63, 3.8) is 0 Å². The molecule has 2 aromatic heterocycles. The quantitative estimate of drug-likeness (QED) is 0.655. The van der Waals surface area contributed by atoms with Crippen molar-refractivity contribution in [2.45, 2.75) is 13.1 Å². The first kappa shape index (κ1) is 20.1. The summed E-state index contributed by atoms with van der Waals surface area (Å²) in [5.74, 6) is -0.671. The highest BCUT2D eigenvalue weighted by Crippen LogP contribution is 2.39. The number of amides is 1. The molecule has 3 rings (SSSR count). The summed E-state index contributed by atoms with van der Waals surface area (Å²) >= 11 is 0. The summed E-state index contributed by atoms with van der Waals surface area (Å²) in [7, 11) is 1.60. The van der Waals surface area contributed by atoms with Gasteiger partial charge in [-0.3, -0.25) is 4.79 Å². The van der Waals surface area contributed by atoms with Crippen molar-refractivity contribution in [1.29, 1.82) is 5.26 Å². The van der Waals surface area contributed by atoms with Crippen LogP contribution in [-0.4, -0.2) is 39.0 Å². The van der Waals surface area contributed by atoms with E-state index in [2.05, 4.69) is 20.6 Å². The van der Waals surface area contributed by atoms with Gasteiger partial charge in [0, 0.05) is 19.5 Å². The van der Waals surface area contributed by atoms with Gasteiger partial charge in [-0.1, -0.05) is 5.21 Å². The van der Waals surface area contributed by atoms with E-state index in [1.54, 1.807) is 7.05 Å². The van der Waals surface area contributed by atoms with Crippen LogP contribution in [-0.2, 0) is 18.0 Å². The van der Waals surface area contributed by atoms with E-state index in [1.807, 2.05) is 6.07 Å². The van der Waals surface area contributed by atoms with Gasteiger partial charge in [0.15, 0.2) is 5.69 Å². The minimum absolute atomic E-state index is 0.0326. The number of rotatable bonds is 5. The minimum Gasteiger partial charge on any atom is -0.491 e. The Kier molecular flexibility index (Phi) is 5.36. The molecule has 1 N–H and O–H groups in total. The Labute approximate surface area is 162 Å². The number of carbonyl (C=O) groups excluding carboxylic acids is 1. The lowest BCUT2D eigenvalue weighted by molar-refractivity contribution is -0.139. The molecule has 0 atom stereocenters. The first-order chi connectivity index (χ1) is 13.7. The van der Waals surface area contributed by atoms with Crippen molar-refractivity contribution < 1.29 is 22.7 Å². The maximum absolute atomic E-state index is 13.5. The largest absolute Gasteiger partial charge is 0.491 e. The lowest BCUT2D eigenvalue weighted by Gasteiger charge is -2.15. The molecular weight excluding hydrogens is 389 g/mol. The van der Waals surface area contributed by atoms with E-state index in [4.69, 9.17) is 4.74 Å². The first-order valence-electron chi connectivity index (χ1n) is 8.40. The van der Waals surface area contributed by atoms with E-state index in [1.165, 1.54) is 29.8 Å². The van der Waals surface area contributed by atoms with Crippen molar-refractivity contribution in [1.82, 2.24) is 25.3 Å². The third-order valence-corrected chi connectivity index (χ3v) is 4.02. The molecule has 0 bridgehead atoms.